The summed E-state index contributed by atoms with van der Waals surface area (Å²) in [6.07, 6.45) is 1.58. The number of Topliss-reactive ketones (excluding diaryl/α,β-unsaturated/α-hetero) is 1. The molecule has 1 atom stereocenters. The maximum Gasteiger partial charge on any atom is 0.234 e. The number of anilines is 2. The molecule has 1 aliphatic heterocycles. The summed E-state index contributed by atoms with van der Waals surface area (Å²) in [5.41, 5.74) is 9.23. The first-order valence-corrected chi connectivity index (χ1v) is 14.6. The first-order valence-electron chi connectivity index (χ1n) is 11.7. The second-order valence-electron chi connectivity index (χ2n) is 8.69. The van der Waals surface area contributed by atoms with Gasteiger partial charge in [-0.05, 0) is 48.7 Å². The average molecular weight is 618 g/mol. The van der Waals surface area contributed by atoms with Gasteiger partial charge in [-0.25, -0.2) is 0 Å². The number of hydrogen-bond donors (Lipinski definition) is 2. The van der Waals surface area contributed by atoms with E-state index in [1.807, 2.05) is 0 Å². The number of aromatic nitrogens is 2. The smallest absolute Gasteiger partial charge is 0.234 e. The van der Waals surface area contributed by atoms with Crippen LogP contribution in [0.5, 0.6) is 0 Å². The predicted octanol–water partition coefficient (Wildman–Crippen LogP) is 6.53. The van der Waals surface area contributed by atoms with Gasteiger partial charge in [-0.15, -0.1) is 10.2 Å². The normalized spacial score (nSPS) is 17.2. The predicted molar refractivity (Wildman–Crippen MR) is 155 cm³/mol. The van der Waals surface area contributed by atoms with Gasteiger partial charge in [0.15, 0.2) is 10.1 Å². The van der Waals surface area contributed by atoms with E-state index in [1.54, 1.807) is 47.4 Å². The van der Waals surface area contributed by atoms with Crippen LogP contribution in [0.3, 0.4) is 0 Å². The third kappa shape index (κ3) is 5.64. The van der Waals surface area contributed by atoms with E-state index in [1.165, 1.54) is 23.1 Å². The van der Waals surface area contributed by atoms with Crippen LogP contribution in [0.4, 0.5) is 10.8 Å². The van der Waals surface area contributed by atoms with Crippen LogP contribution >= 0.6 is 57.9 Å². The number of rotatable bonds is 6. The molecule has 0 spiro atoms. The molecule has 0 fully saturated rings. The number of carbonyl (C=O) groups is 2. The van der Waals surface area contributed by atoms with Gasteiger partial charge in [-0.2, -0.15) is 5.26 Å². The Hall–Kier alpha value is -3.07. The number of thioether (sulfide) groups is 1. The van der Waals surface area contributed by atoms with Crippen LogP contribution < -0.4 is 16.0 Å². The fourth-order valence-electron chi connectivity index (χ4n) is 4.57. The van der Waals surface area contributed by atoms with Gasteiger partial charge in [0.05, 0.1) is 33.4 Å². The number of nitrogens with zero attached hydrogens (tertiary/aromatic N) is 4. The summed E-state index contributed by atoms with van der Waals surface area (Å²) in [5.74, 6) is -0.680. The van der Waals surface area contributed by atoms with Crippen molar-refractivity contribution in [3.8, 4) is 6.07 Å². The zero-order valence-electron chi connectivity index (χ0n) is 20.1. The highest BCUT2D eigenvalue weighted by atomic mass is 35.5. The molecule has 1 amide bonds. The van der Waals surface area contributed by atoms with Crippen LogP contribution in [0.15, 0.2) is 69.5 Å². The molecule has 1 aromatic heterocycles. The van der Waals surface area contributed by atoms with Crippen LogP contribution in [-0.2, 0) is 9.59 Å². The lowest BCUT2D eigenvalue weighted by atomic mass is 9.76. The molecule has 0 bridgehead atoms. The number of nitrogens with two attached hydrogens (primary N) is 1. The Morgan fingerprint density at radius 1 is 1.18 bits per heavy atom. The van der Waals surface area contributed by atoms with E-state index < -0.39 is 5.92 Å². The highest BCUT2D eigenvalue weighted by Gasteiger charge is 2.41. The Kier molecular flexibility index (Phi) is 8.16. The Morgan fingerprint density at radius 2 is 2.00 bits per heavy atom. The van der Waals surface area contributed by atoms with Gasteiger partial charge >= 0.3 is 0 Å². The van der Waals surface area contributed by atoms with E-state index in [0.717, 1.165) is 0 Å². The second kappa shape index (κ2) is 11.6. The molecule has 3 aromatic rings. The summed E-state index contributed by atoms with van der Waals surface area (Å²) >= 11 is 20.8. The summed E-state index contributed by atoms with van der Waals surface area (Å²) in [6, 6.07) is 14.1. The zero-order chi connectivity index (χ0) is 27.7. The van der Waals surface area contributed by atoms with Crippen LogP contribution in [0.1, 0.15) is 30.7 Å². The van der Waals surface area contributed by atoms with Gasteiger partial charge in [0.25, 0.3) is 0 Å². The van der Waals surface area contributed by atoms with Gasteiger partial charge in [0.1, 0.15) is 5.82 Å². The molecular formula is C26H19Cl3N6O2S2. The van der Waals surface area contributed by atoms with Crippen LogP contribution in [-0.4, -0.2) is 27.6 Å². The summed E-state index contributed by atoms with van der Waals surface area (Å²) in [4.78, 5) is 27.3. The fraction of sp³-hybridized carbons (Fsp3) is 0.192. The molecule has 0 saturated carbocycles. The minimum absolute atomic E-state index is 0.0608. The van der Waals surface area contributed by atoms with Crippen molar-refractivity contribution in [1.82, 2.24) is 10.2 Å². The van der Waals surface area contributed by atoms with Crippen molar-refractivity contribution >= 4 is 80.4 Å². The van der Waals surface area contributed by atoms with Gasteiger partial charge < -0.3 is 11.1 Å². The van der Waals surface area contributed by atoms with E-state index >= 15 is 0 Å². The molecule has 198 valence electrons. The largest absolute Gasteiger partial charge is 0.384 e. The third-order valence-electron chi connectivity index (χ3n) is 6.21. The minimum atomic E-state index is -0.666. The van der Waals surface area contributed by atoms with E-state index in [2.05, 4.69) is 21.6 Å². The van der Waals surface area contributed by atoms with Crippen molar-refractivity contribution in [2.24, 2.45) is 5.73 Å². The standard InChI is InChI=1S/C26H19Cl3N6O2S2/c27-14-3-1-4-15(10-14)32-21(37)12-38-26-34-33-25(39-26)35-19-5-2-6-20(36)23(19)22(16(11-30)24(35)31)13-7-8-17(28)18(29)9-13/h1,3-4,7-10,22H,2,5-6,12,31H2,(H,32,37). The lowest BCUT2D eigenvalue weighted by molar-refractivity contribution is -0.116. The highest BCUT2D eigenvalue weighted by molar-refractivity contribution is 8.01. The Bertz CT molecular complexity index is 1600. The van der Waals surface area contributed by atoms with Gasteiger partial charge in [0, 0.05) is 28.4 Å². The van der Waals surface area contributed by atoms with Crippen molar-refractivity contribution in [3.05, 3.63) is 85.8 Å². The molecule has 13 heteroatoms. The van der Waals surface area contributed by atoms with E-state index in [4.69, 9.17) is 40.5 Å². The Labute approximate surface area is 247 Å². The molecule has 8 nitrogen and oxygen atoms in total. The fourth-order valence-corrected chi connectivity index (χ4v) is 6.75. The number of carbonyl (C=O) groups excluding carboxylic acids is 2. The van der Waals surface area contributed by atoms with E-state index in [9.17, 15) is 14.9 Å². The van der Waals surface area contributed by atoms with E-state index in [-0.39, 0.29) is 28.8 Å². The van der Waals surface area contributed by atoms with Crippen molar-refractivity contribution < 1.29 is 9.59 Å². The molecule has 1 aliphatic carbocycles. The second-order valence-corrected chi connectivity index (χ2v) is 12.1. The van der Waals surface area contributed by atoms with E-state index in [0.29, 0.717) is 66.3 Å². The molecule has 2 aromatic carbocycles. The maximum atomic E-state index is 13.3. The van der Waals surface area contributed by atoms with Crippen LogP contribution in [0, 0.1) is 11.3 Å². The first-order chi connectivity index (χ1) is 18.8. The molecule has 2 heterocycles. The molecule has 5 rings (SSSR count). The number of benzene rings is 2. The quantitative estimate of drug-likeness (QED) is 0.299. The lowest BCUT2D eigenvalue weighted by Gasteiger charge is -2.38. The van der Waals surface area contributed by atoms with Crippen LogP contribution in [0.2, 0.25) is 15.1 Å². The van der Waals surface area contributed by atoms with Crippen molar-refractivity contribution in [2.75, 3.05) is 16.0 Å². The zero-order valence-corrected chi connectivity index (χ0v) is 24.0. The van der Waals surface area contributed by atoms with Crippen molar-refractivity contribution in [3.63, 3.8) is 0 Å². The Morgan fingerprint density at radius 3 is 2.74 bits per heavy atom. The molecule has 2 aliphatic rings. The number of hydrogen-bond acceptors (Lipinski definition) is 9. The number of allylic oxidation sites excluding steroid dienone is 3. The number of nitriles is 1. The summed E-state index contributed by atoms with van der Waals surface area (Å²) in [6.45, 7) is 0. The van der Waals surface area contributed by atoms with Gasteiger partial charge in [-0.1, -0.05) is 70.0 Å². The lowest BCUT2D eigenvalue weighted by Crippen LogP contribution is -2.38. The first kappa shape index (κ1) is 27.5. The minimum Gasteiger partial charge on any atom is -0.384 e. The summed E-state index contributed by atoms with van der Waals surface area (Å²) in [5, 5.41) is 23.1. The molecular weight excluding hydrogens is 599 g/mol. The molecule has 1 unspecified atom stereocenters. The molecule has 3 N–H and O–H groups in total. The van der Waals surface area contributed by atoms with Gasteiger partial charge in [0.2, 0.25) is 11.0 Å². The van der Waals surface area contributed by atoms with Crippen molar-refractivity contribution in [2.45, 2.75) is 29.5 Å². The number of amides is 1. The van der Waals surface area contributed by atoms with Crippen LogP contribution in [0.25, 0.3) is 0 Å². The third-order valence-corrected chi connectivity index (χ3v) is 9.23. The maximum absolute atomic E-state index is 13.3. The molecule has 39 heavy (non-hydrogen) atoms. The Balaban J connectivity index is 1.43. The van der Waals surface area contributed by atoms with Gasteiger partial charge in [-0.3, -0.25) is 14.5 Å². The topological polar surface area (TPSA) is 125 Å². The monoisotopic (exact) mass is 616 g/mol. The average Bonchev–Trinajstić information content (AvgIpc) is 3.37. The SMILES string of the molecule is N#CC1=C(N)N(c2nnc(SCC(=O)Nc3cccc(Cl)c3)s2)C2=C(C(=O)CCC2)C1c1ccc(Cl)c(Cl)c1. The van der Waals surface area contributed by atoms with Crippen molar-refractivity contribution in [1.29, 1.82) is 5.26 Å². The summed E-state index contributed by atoms with van der Waals surface area (Å²) < 4.78 is 0.536. The number of nitrogens with one attached hydrogen (secondary N) is 1. The summed E-state index contributed by atoms with van der Waals surface area (Å²) in [7, 11) is 0. The number of ketones is 1. The number of halogens is 3. The molecule has 0 radical (unpaired) electrons. The molecule has 0 saturated heterocycles. The highest BCUT2D eigenvalue weighted by Crippen LogP contribution is 2.47.